The monoisotopic (exact) mass is 461 g/mol. The lowest BCUT2D eigenvalue weighted by atomic mass is 9.82. The summed E-state index contributed by atoms with van der Waals surface area (Å²) < 4.78 is 51.6. The molecule has 4 rings (SSSR count). The van der Waals surface area contributed by atoms with Gasteiger partial charge in [-0.15, -0.1) is 0 Å². The van der Waals surface area contributed by atoms with E-state index in [0.29, 0.717) is 12.8 Å². The summed E-state index contributed by atoms with van der Waals surface area (Å²) in [6.45, 7) is 6.06. The van der Waals surface area contributed by atoms with Gasteiger partial charge in [-0.2, -0.15) is 13.2 Å². The number of pyridine rings is 1. The largest absolute Gasteiger partial charge is 0.490 e. The molecule has 1 atom stereocenters. The molecule has 1 unspecified atom stereocenters. The van der Waals surface area contributed by atoms with Crippen molar-refractivity contribution in [3.05, 3.63) is 66.1 Å². The van der Waals surface area contributed by atoms with E-state index < -0.39 is 17.8 Å². The highest BCUT2D eigenvalue weighted by Gasteiger charge is 2.37. The molecule has 6 nitrogen and oxygen atoms in total. The van der Waals surface area contributed by atoms with Crippen molar-refractivity contribution in [1.29, 1.82) is 0 Å². The van der Waals surface area contributed by atoms with Crippen molar-refractivity contribution in [3.8, 4) is 5.75 Å². The second-order valence-corrected chi connectivity index (χ2v) is 9.33. The molecule has 2 heterocycles. The molecule has 176 valence electrons. The van der Waals surface area contributed by atoms with E-state index in [1.54, 1.807) is 6.20 Å². The molecule has 33 heavy (non-hydrogen) atoms. The third-order valence-electron chi connectivity index (χ3n) is 5.68. The van der Waals surface area contributed by atoms with E-state index >= 15 is 0 Å². The Bertz CT molecular complexity index is 1130. The molecule has 0 aliphatic heterocycles. The highest BCUT2D eigenvalue weighted by molar-refractivity contribution is 5.69. The van der Waals surface area contributed by atoms with Crippen molar-refractivity contribution in [2.75, 3.05) is 0 Å². The zero-order chi connectivity index (χ0) is 23.8. The Hall–Kier alpha value is -3.23. The lowest BCUT2D eigenvalue weighted by Crippen LogP contribution is -2.44. The summed E-state index contributed by atoms with van der Waals surface area (Å²) in [6, 6.07) is 8.27. The van der Waals surface area contributed by atoms with Gasteiger partial charge in [-0.1, -0.05) is 32.9 Å². The van der Waals surface area contributed by atoms with Gasteiger partial charge < -0.3 is 19.2 Å². The maximum absolute atomic E-state index is 12.9. The van der Waals surface area contributed by atoms with Crippen LogP contribution >= 0.6 is 0 Å². The van der Waals surface area contributed by atoms with Crippen molar-refractivity contribution in [1.82, 2.24) is 14.7 Å². The minimum Gasteiger partial charge on any atom is -0.490 e. The number of fused-ring (bicyclic) bond motifs is 1. The number of benzene rings is 1. The average molecular weight is 461 g/mol. The number of aromatic nitrogens is 2. The van der Waals surface area contributed by atoms with E-state index in [1.165, 1.54) is 12.1 Å². The topological polar surface area (TPSA) is 64.9 Å². The molecule has 0 radical (unpaired) electrons. The third-order valence-corrected chi connectivity index (χ3v) is 5.68. The molecule has 1 aromatic carbocycles. The first kappa shape index (κ1) is 22.9. The Morgan fingerprint density at radius 2 is 1.88 bits per heavy atom. The van der Waals surface area contributed by atoms with Gasteiger partial charge in [0.05, 0.1) is 11.6 Å². The third kappa shape index (κ3) is 5.23. The summed E-state index contributed by atoms with van der Waals surface area (Å²) >= 11 is 0. The standard InChI is InChI=1S/C24H26F3N3O3/c1-23(2,3)20(19-8-5-10-30-11-9-28-21(19)30)29-22(31)33-18-13-17(14-18)32-16-7-4-6-15(12-16)24(25,26)27/h4-12,17-18,20H,13-14H2,1-3H3,(H,29,31). The number of carbonyl (C=O) groups is 1. The Morgan fingerprint density at radius 1 is 1.12 bits per heavy atom. The normalized spacial score (nSPS) is 19.6. The number of alkyl carbamates (subject to hydrolysis) is 1. The Kier molecular flexibility index (Phi) is 5.99. The van der Waals surface area contributed by atoms with Gasteiger partial charge in [0.25, 0.3) is 0 Å². The van der Waals surface area contributed by atoms with Crippen molar-refractivity contribution >= 4 is 11.7 Å². The van der Waals surface area contributed by atoms with E-state index in [2.05, 4.69) is 10.3 Å². The van der Waals surface area contributed by atoms with Crippen molar-refractivity contribution < 1.29 is 27.4 Å². The van der Waals surface area contributed by atoms with Crippen LogP contribution in [0.2, 0.25) is 0 Å². The number of amides is 1. The number of carbonyl (C=O) groups excluding carboxylic acids is 1. The van der Waals surface area contributed by atoms with Gasteiger partial charge >= 0.3 is 12.3 Å². The maximum Gasteiger partial charge on any atom is 0.416 e. The van der Waals surface area contributed by atoms with Crippen LogP contribution in [-0.2, 0) is 10.9 Å². The molecule has 1 aliphatic carbocycles. The molecule has 3 aromatic rings. The number of nitrogens with one attached hydrogen (secondary N) is 1. The zero-order valence-corrected chi connectivity index (χ0v) is 18.6. The number of ether oxygens (including phenoxy) is 2. The Labute approximate surface area is 189 Å². The lowest BCUT2D eigenvalue weighted by Gasteiger charge is -2.36. The van der Waals surface area contributed by atoms with Crippen LogP contribution in [0.3, 0.4) is 0 Å². The quantitative estimate of drug-likeness (QED) is 0.523. The molecule has 1 fully saturated rings. The fourth-order valence-corrected chi connectivity index (χ4v) is 3.91. The van der Waals surface area contributed by atoms with Crippen LogP contribution in [0.4, 0.5) is 18.0 Å². The van der Waals surface area contributed by atoms with Gasteiger partial charge in [0.1, 0.15) is 23.6 Å². The van der Waals surface area contributed by atoms with Crippen LogP contribution in [-0.4, -0.2) is 27.7 Å². The number of hydrogen-bond acceptors (Lipinski definition) is 4. The first-order valence-electron chi connectivity index (χ1n) is 10.7. The molecule has 1 saturated carbocycles. The molecular weight excluding hydrogens is 435 g/mol. The summed E-state index contributed by atoms with van der Waals surface area (Å²) in [4.78, 5) is 17.0. The molecule has 9 heteroatoms. The second-order valence-electron chi connectivity index (χ2n) is 9.33. The van der Waals surface area contributed by atoms with Crippen molar-refractivity contribution in [2.45, 2.75) is 58.0 Å². The number of hydrogen-bond donors (Lipinski definition) is 1. The van der Waals surface area contributed by atoms with Crippen LogP contribution in [0.25, 0.3) is 5.65 Å². The fourth-order valence-electron chi connectivity index (χ4n) is 3.91. The number of nitrogens with zero attached hydrogens (tertiary/aromatic N) is 2. The molecule has 1 aliphatic rings. The van der Waals surface area contributed by atoms with Crippen LogP contribution in [0.5, 0.6) is 5.75 Å². The molecule has 1 amide bonds. The highest BCUT2D eigenvalue weighted by atomic mass is 19.4. The number of imidazole rings is 1. The van der Waals surface area contributed by atoms with Crippen molar-refractivity contribution in [2.24, 2.45) is 5.41 Å². The van der Waals surface area contributed by atoms with Crippen LogP contribution < -0.4 is 10.1 Å². The van der Waals surface area contributed by atoms with Crippen molar-refractivity contribution in [3.63, 3.8) is 0 Å². The smallest absolute Gasteiger partial charge is 0.416 e. The van der Waals surface area contributed by atoms with Gasteiger partial charge in [-0.25, -0.2) is 9.78 Å². The molecule has 0 spiro atoms. The minimum atomic E-state index is -4.42. The van der Waals surface area contributed by atoms with Gasteiger partial charge in [-0.3, -0.25) is 0 Å². The van der Waals surface area contributed by atoms with Gasteiger partial charge in [0.2, 0.25) is 0 Å². The van der Waals surface area contributed by atoms with E-state index in [-0.39, 0.29) is 29.4 Å². The van der Waals surface area contributed by atoms with Crippen LogP contribution in [0.15, 0.2) is 55.0 Å². The maximum atomic E-state index is 12.9. The summed E-state index contributed by atoms with van der Waals surface area (Å²) in [7, 11) is 0. The molecule has 0 saturated heterocycles. The first-order valence-corrected chi connectivity index (χ1v) is 10.7. The number of halogens is 3. The highest BCUT2D eigenvalue weighted by Crippen LogP contribution is 2.36. The minimum absolute atomic E-state index is 0.151. The predicted octanol–water partition coefficient (Wildman–Crippen LogP) is 5.78. The molecule has 0 bridgehead atoms. The lowest BCUT2D eigenvalue weighted by molar-refractivity contribution is -0.137. The second kappa shape index (κ2) is 8.61. The van der Waals surface area contributed by atoms with Gasteiger partial charge in [0, 0.05) is 37.0 Å². The van der Waals surface area contributed by atoms with E-state index in [1.807, 2.05) is 49.7 Å². The fraction of sp³-hybridized carbons (Fsp3) is 0.417. The number of alkyl halides is 3. The number of rotatable bonds is 5. The zero-order valence-electron chi connectivity index (χ0n) is 18.6. The van der Waals surface area contributed by atoms with Crippen LogP contribution in [0.1, 0.15) is 50.8 Å². The van der Waals surface area contributed by atoms with Gasteiger partial charge in [-0.05, 0) is 29.7 Å². The SMILES string of the molecule is CC(C)(C)C(NC(=O)OC1CC(Oc2cccc(C(F)(F)F)c2)C1)c1cccn2ccnc12. The summed E-state index contributed by atoms with van der Waals surface area (Å²) in [6.07, 6.45) is 0.638. The molecule has 1 N–H and O–H groups in total. The van der Waals surface area contributed by atoms with E-state index in [0.717, 1.165) is 23.3 Å². The van der Waals surface area contributed by atoms with E-state index in [4.69, 9.17) is 9.47 Å². The average Bonchev–Trinajstić information content (AvgIpc) is 3.18. The van der Waals surface area contributed by atoms with Crippen LogP contribution in [0, 0.1) is 5.41 Å². The summed E-state index contributed by atoms with van der Waals surface area (Å²) in [5.41, 5.74) is 0.580. The Morgan fingerprint density at radius 3 is 2.58 bits per heavy atom. The molecular formula is C24H26F3N3O3. The Balaban J connectivity index is 1.34. The predicted molar refractivity (Wildman–Crippen MR) is 116 cm³/mol. The molecule has 2 aromatic heterocycles. The summed E-state index contributed by atoms with van der Waals surface area (Å²) in [5.74, 6) is 0.151. The van der Waals surface area contributed by atoms with E-state index in [9.17, 15) is 18.0 Å². The summed E-state index contributed by atoms with van der Waals surface area (Å²) in [5, 5.41) is 2.96. The van der Waals surface area contributed by atoms with Gasteiger partial charge in [0.15, 0.2) is 0 Å². The first-order chi connectivity index (χ1) is 15.5.